The minimum atomic E-state index is 0.319. The second-order valence-corrected chi connectivity index (χ2v) is 11.4. The summed E-state index contributed by atoms with van der Waals surface area (Å²) in [5, 5.41) is 0. The van der Waals surface area contributed by atoms with Gasteiger partial charge in [-0.15, -0.1) is 0 Å². The number of aromatic nitrogens is 2. The van der Waals surface area contributed by atoms with Crippen LogP contribution in [0.1, 0.15) is 73.0 Å². The molecule has 2 aliphatic rings. The van der Waals surface area contributed by atoms with Crippen molar-refractivity contribution in [1.82, 2.24) is 9.97 Å². The van der Waals surface area contributed by atoms with E-state index in [0.29, 0.717) is 18.1 Å². The number of hydrogen-bond donors (Lipinski definition) is 0. The van der Waals surface area contributed by atoms with Crippen molar-refractivity contribution < 1.29 is 4.74 Å². The maximum atomic E-state index is 5.73. The third-order valence-corrected chi connectivity index (χ3v) is 8.42. The number of methoxy groups -OCH3 is 1. The lowest BCUT2D eigenvalue weighted by atomic mass is 9.96. The van der Waals surface area contributed by atoms with Crippen LogP contribution in [0.25, 0.3) is 11.4 Å². The number of piperidine rings is 1. The fraction of sp³-hybridized carbons (Fsp3) is 0.500. The fourth-order valence-electron chi connectivity index (χ4n) is 6.10. The first-order valence-corrected chi connectivity index (χ1v) is 13.9. The van der Waals surface area contributed by atoms with E-state index in [1.54, 1.807) is 0 Å². The molecular weight excluding hydrogens is 456 g/mol. The largest absolute Gasteiger partial charge is 0.381 e. The SMILES string of the molecule is COC1CCN(c2nc(-c3c(C)cccc3C)nc3c2CN(c2cc(C(C)C)ccc2C)CC3)[C@H](C)C1. The predicted molar refractivity (Wildman–Crippen MR) is 154 cm³/mol. The molecule has 1 saturated heterocycles. The maximum Gasteiger partial charge on any atom is 0.162 e. The van der Waals surface area contributed by atoms with Crippen LogP contribution in [0.4, 0.5) is 11.5 Å². The van der Waals surface area contributed by atoms with Crippen LogP contribution < -0.4 is 9.80 Å². The molecule has 3 aromatic rings. The molecule has 2 atom stereocenters. The lowest BCUT2D eigenvalue weighted by Gasteiger charge is -2.41. The van der Waals surface area contributed by atoms with Crippen molar-refractivity contribution >= 4 is 11.5 Å². The Balaban J connectivity index is 1.60. The summed E-state index contributed by atoms with van der Waals surface area (Å²) in [7, 11) is 1.84. The van der Waals surface area contributed by atoms with Crippen LogP contribution in [0.15, 0.2) is 36.4 Å². The first-order valence-electron chi connectivity index (χ1n) is 13.9. The second-order valence-electron chi connectivity index (χ2n) is 11.4. The second kappa shape index (κ2) is 10.4. The van der Waals surface area contributed by atoms with E-state index in [2.05, 4.69) is 87.7 Å². The van der Waals surface area contributed by atoms with Gasteiger partial charge >= 0.3 is 0 Å². The van der Waals surface area contributed by atoms with Crippen molar-refractivity contribution in [2.24, 2.45) is 0 Å². The molecule has 37 heavy (non-hydrogen) atoms. The first-order chi connectivity index (χ1) is 17.8. The Morgan fingerprint density at radius 1 is 0.973 bits per heavy atom. The van der Waals surface area contributed by atoms with Crippen LogP contribution in [-0.2, 0) is 17.7 Å². The summed E-state index contributed by atoms with van der Waals surface area (Å²) in [4.78, 5) is 15.6. The number of nitrogens with zero attached hydrogens (tertiary/aromatic N) is 4. The molecule has 5 rings (SSSR count). The Labute approximate surface area is 222 Å². The highest BCUT2D eigenvalue weighted by molar-refractivity contribution is 5.68. The van der Waals surface area contributed by atoms with Crippen molar-refractivity contribution in [3.05, 3.63) is 69.9 Å². The van der Waals surface area contributed by atoms with Gasteiger partial charge in [-0.25, -0.2) is 9.97 Å². The van der Waals surface area contributed by atoms with Crippen LogP contribution in [0.3, 0.4) is 0 Å². The van der Waals surface area contributed by atoms with Gasteiger partial charge in [0, 0.05) is 56.0 Å². The molecule has 0 radical (unpaired) electrons. The molecule has 0 amide bonds. The normalized spacial score (nSPS) is 19.9. The van der Waals surface area contributed by atoms with E-state index in [1.165, 1.54) is 44.8 Å². The van der Waals surface area contributed by atoms with E-state index in [0.717, 1.165) is 50.5 Å². The van der Waals surface area contributed by atoms with Crippen LogP contribution in [0.5, 0.6) is 0 Å². The summed E-state index contributed by atoms with van der Waals surface area (Å²) in [6.45, 7) is 16.2. The van der Waals surface area contributed by atoms with E-state index in [-0.39, 0.29) is 0 Å². The summed E-state index contributed by atoms with van der Waals surface area (Å²) < 4.78 is 5.73. The monoisotopic (exact) mass is 498 g/mol. The molecule has 1 unspecified atom stereocenters. The zero-order chi connectivity index (χ0) is 26.3. The molecule has 1 aromatic heterocycles. The molecule has 0 spiro atoms. The van der Waals surface area contributed by atoms with Crippen LogP contribution in [0, 0.1) is 20.8 Å². The van der Waals surface area contributed by atoms with Gasteiger partial charge in [-0.05, 0) is 74.8 Å². The number of rotatable bonds is 5. The highest BCUT2D eigenvalue weighted by atomic mass is 16.5. The van der Waals surface area contributed by atoms with E-state index >= 15 is 0 Å². The molecule has 1 fully saturated rings. The van der Waals surface area contributed by atoms with Gasteiger partial charge in [-0.1, -0.05) is 44.2 Å². The Hall–Kier alpha value is -2.92. The Morgan fingerprint density at radius 2 is 1.73 bits per heavy atom. The fourth-order valence-corrected chi connectivity index (χ4v) is 6.10. The molecule has 5 nitrogen and oxygen atoms in total. The smallest absolute Gasteiger partial charge is 0.162 e. The number of anilines is 2. The zero-order valence-electron chi connectivity index (χ0n) is 23.6. The summed E-state index contributed by atoms with van der Waals surface area (Å²) in [5.41, 5.74) is 10.2. The van der Waals surface area contributed by atoms with Gasteiger partial charge in [-0.2, -0.15) is 0 Å². The lowest BCUT2D eigenvalue weighted by Crippen LogP contribution is -2.45. The third kappa shape index (κ3) is 4.98. The summed E-state index contributed by atoms with van der Waals surface area (Å²) in [5.74, 6) is 2.50. The molecule has 196 valence electrons. The van der Waals surface area contributed by atoms with Gasteiger partial charge in [0.15, 0.2) is 5.82 Å². The molecule has 0 bridgehead atoms. The standard InChI is InChI=1S/C32H42N4O/c1-20(2)25-12-11-21(3)29(18-25)35-15-14-28-27(19-35)32(36-16-13-26(37-7)17-24(36)6)34-31(33-28)30-22(4)9-8-10-23(30)5/h8-12,18,20,24,26H,13-17,19H2,1-7H3/t24-,26?/m1/s1. The number of aryl methyl sites for hydroxylation is 3. The first kappa shape index (κ1) is 25.7. The molecule has 2 aliphatic heterocycles. The Morgan fingerprint density at radius 3 is 2.41 bits per heavy atom. The lowest BCUT2D eigenvalue weighted by molar-refractivity contribution is 0.0719. The van der Waals surface area contributed by atoms with Gasteiger partial charge in [0.2, 0.25) is 0 Å². The number of ether oxygens (including phenoxy) is 1. The summed E-state index contributed by atoms with van der Waals surface area (Å²) >= 11 is 0. The molecule has 2 aromatic carbocycles. The van der Waals surface area contributed by atoms with Crippen LogP contribution >= 0.6 is 0 Å². The molecule has 3 heterocycles. The average Bonchev–Trinajstić information content (AvgIpc) is 2.88. The van der Waals surface area contributed by atoms with Crippen molar-refractivity contribution in [3.63, 3.8) is 0 Å². The van der Waals surface area contributed by atoms with Gasteiger partial charge < -0.3 is 14.5 Å². The van der Waals surface area contributed by atoms with E-state index in [4.69, 9.17) is 14.7 Å². The summed E-state index contributed by atoms with van der Waals surface area (Å²) in [6, 6.07) is 13.8. The Kier molecular flexibility index (Phi) is 7.26. The van der Waals surface area contributed by atoms with Crippen molar-refractivity contribution in [2.75, 3.05) is 30.0 Å². The molecule has 0 saturated carbocycles. The van der Waals surface area contributed by atoms with Crippen LogP contribution in [-0.4, -0.2) is 42.3 Å². The minimum absolute atomic E-state index is 0.319. The third-order valence-electron chi connectivity index (χ3n) is 8.42. The molecular formula is C32H42N4O. The van der Waals surface area contributed by atoms with Gasteiger partial charge in [-0.3, -0.25) is 0 Å². The van der Waals surface area contributed by atoms with E-state index < -0.39 is 0 Å². The van der Waals surface area contributed by atoms with Crippen molar-refractivity contribution in [3.8, 4) is 11.4 Å². The van der Waals surface area contributed by atoms with Crippen molar-refractivity contribution in [1.29, 1.82) is 0 Å². The van der Waals surface area contributed by atoms with Crippen molar-refractivity contribution in [2.45, 2.75) is 85.4 Å². The molecule has 0 N–H and O–H groups in total. The topological polar surface area (TPSA) is 41.5 Å². The summed E-state index contributed by atoms with van der Waals surface area (Å²) in [6.07, 6.45) is 3.29. The van der Waals surface area contributed by atoms with E-state index in [9.17, 15) is 0 Å². The molecule has 0 aliphatic carbocycles. The Bertz CT molecular complexity index is 1260. The maximum absolute atomic E-state index is 5.73. The zero-order valence-corrected chi connectivity index (χ0v) is 23.6. The predicted octanol–water partition coefficient (Wildman–Crippen LogP) is 6.76. The van der Waals surface area contributed by atoms with E-state index in [1.807, 2.05) is 7.11 Å². The molecule has 5 heteroatoms. The minimum Gasteiger partial charge on any atom is -0.381 e. The number of benzene rings is 2. The van der Waals surface area contributed by atoms with Gasteiger partial charge in [0.1, 0.15) is 5.82 Å². The quantitative estimate of drug-likeness (QED) is 0.389. The van der Waals surface area contributed by atoms with Gasteiger partial charge in [0.25, 0.3) is 0 Å². The van der Waals surface area contributed by atoms with Crippen LogP contribution in [0.2, 0.25) is 0 Å². The van der Waals surface area contributed by atoms with Gasteiger partial charge in [0.05, 0.1) is 11.8 Å². The highest BCUT2D eigenvalue weighted by Crippen LogP contribution is 2.37. The highest BCUT2D eigenvalue weighted by Gasteiger charge is 2.32. The average molecular weight is 499 g/mol. The number of fused-ring (bicyclic) bond motifs is 1. The number of hydrogen-bond acceptors (Lipinski definition) is 5.